The highest BCUT2D eigenvalue weighted by Gasteiger charge is 2.11. The van der Waals surface area contributed by atoms with Crippen LogP contribution < -0.4 is 0 Å². The number of hydrogen-bond donors (Lipinski definition) is 1. The van der Waals surface area contributed by atoms with Crippen LogP contribution in [0.3, 0.4) is 0 Å². The van der Waals surface area contributed by atoms with Crippen LogP contribution in [0.2, 0.25) is 5.02 Å². The molecular weight excluding hydrogens is 288 g/mol. The van der Waals surface area contributed by atoms with Crippen LogP contribution in [0.15, 0.2) is 59.8 Å². The summed E-state index contributed by atoms with van der Waals surface area (Å²) in [6.07, 6.45) is 1.25. The summed E-state index contributed by atoms with van der Waals surface area (Å²) in [6.45, 7) is 0. The zero-order valence-corrected chi connectivity index (χ0v) is 11.6. The van der Waals surface area contributed by atoms with Crippen LogP contribution >= 0.6 is 11.6 Å². The van der Waals surface area contributed by atoms with Crippen molar-refractivity contribution in [2.75, 3.05) is 0 Å². The average Bonchev–Trinajstić information content (AvgIpc) is 2.93. The summed E-state index contributed by atoms with van der Waals surface area (Å²) in [6, 6.07) is 16.8. The molecule has 0 aliphatic heterocycles. The van der Waals surface area contributed by atoms with Crippen LogP contribution in [0.5, 0.6) is 0 Å². The van der Waals surface area contributed by atoms with Gasteiger partial charge in [0, 0.05) is 10.6 Å². The van der Waals surface area contributed by atoms with Crippen molar-refractivity contribution in [1.29, 1.82) is 0 Å². The number of benzene rings is 2. The lowest BCUT2D eigenvalue weighted by atomic mass is 10.2. The van der Waals surface area contributed by atoms with Gasteiger partial charge in [-0.05, 0) is 36.4 Å². The Morgan fingerprint density at radius 2 is 1.76 bits per heavy atom. The van der Waals surface area contributed by atoms with Gasteiger partial charge in [-0.25, -0.2) is 9.67 Å². The third-order valence-corrected chi connectivity index (χ3v) is 3.16. The molecule has 1 aromatic heterocycles. The van der Waals surface area contributed by atoms with E-state index in [4.69, 9.17) is 16.8 Å². The van der Waals surface area contributed by atoms with Crippen molar-refractivity contribution in [2.45, 2.75) is 0 Å². The number of rotatable bonds is 3. The first-order chi connectivity index (χ1) is 10.3. The molecule has 0 spiro atoms. The second kappa shape index (κ2) is 5.76. The second-order valence-electron chi connectivity index (χ2n) is 4.29. The van der Waals surface area contributed by atoms with Gasteiger partial charge >= 0.3 is 0 Å². The summed E-state index contributed by atoms with van der Waals surface area (Å²) in [5, 5.41) is 16.9. The molecule has 3 rings (SSSR count). The average molecular weight is 299 g/mol. The second-order valence-corrected chi connectivity index (χ2v) is 4.73. The van der Waals surface area contributed by atoms with Crippen LogP contribution in [-0.2, 0) is 0 Å². The number of aromatic nitrogens is 3. The van der Waals surface area contributed by atoms with E-state index in [0.29, 0.717) is 16.7 Å². The molecule has 0 aliphatic carbocycles. The third-order valence-electron chi connectivity index (χ3n) is 2.91. The van der Waals surface area contributed by atoms with Crippen molar-refractivity contribution in [3.8, 4) is 17.1 Å². The van der Waals surface area contributed by atoms with Gasteiger partial charge in [0.1, 0.15) is 6.21 Å². The molecule has 0 fully saturated rings. The van der Waals surface area contributed by atoms with E-state index >= 15 is 0 Å². The van der Waals surface area contributed by atoms with Gasteiger partial charge in [-0.2, -0.15) is 0 Å². The summed E-state index contributed by atoms with van der Waals surface area (Å²) in [5.41, 5.74) is 1.67. The van der Waals surface area contributed by atoms with Crippen LogP contribution in [0, 0.1) is 0 Å². The van der Waals surface area contributed by atoms with Crippen molar-refractivity contribution in [3.63, 3.8) is 0 Å². The maximum absolute atomic E-state index is 8.78. The first-order valence-electron chi connectivity index (χ1n) is 6.24. The van der Waals surface area contributed by atoms with E-state index in [-0.39, 0.29) is 0 Å². The Morgan fingerprint density at radius 1 is 1.05 bits per heavy atom. The molecule has 3 aromatic rings. The van der Waals surface area contributed by atoms with E-state index in [0.717, 1.165) is 11.3 Å². The lowest BCUT2D eigenvalue weighted by Gasteiger charge is -2.01. The number of oxime groups is 1. The molecule has 5 nitrogen and oxygen atoms in total. The van der Waals surface area contributed by atoms with Crippen LogP contribution in [0.4, 0.5) is 0 Å². The van der Waals surface area contributed by atoms with Crippen molar-refractivity contribution in [1.82, 2.24) is 14.8 Å². The fraction of sp³-hybridized carbons (Fsp3) is 0. The van der Waals surface area contributed by atoms with E-state index in [1.165, 1.54) is 6.21 Å². The van der Waals surface area contributed by atoms with Gasteiger partial charge in [0.15, 0.2) is 11.6 Å². The monoisotopic (exact) mass is 298 g/mol. The standard InChI is InChI=1S/C15H11ClN4O/c16-12-8-6-11(7-9-12)15-18-14(10-17-21)20(19-15)13-4-2-1-3-5-13/h1-10,21H/b17-10-. The Kier molecular flexibility index (Phi) is 3.66. The highest BCUT2D eigenvalue weighted by molar-refractivity contribution is 6.30. The first-order valence-corrected chi connectivity index (χ1v) is 6.61. The van der Waals surface area contributed by atoms with E-state index in [2.05, 4.69) is 15.2 Å². The predicted molar refractivity (Wildman–Crippen MR) is 81.2 cm³/mol. The molecule has 104 valence electrons. The van der Waals surface area contributed by atoms with Crippen molar-refractivity contribution < 1.29 is 5.21 Å². The largest absolute Gasteiger partial charge is 0.411 e. The van der Waals surface area contributed by atoms with E-state index in [9.17, 15) is 0 Å². The minimum atomic E-state index is 0.439. The van der Waals surface area contributed by atoms with Crippen molar-refractivity contribution >= 4 is 17.8 Å². The molecule has 21 heavy (non-hydrogen) atoms. The lowest BCUT2D eigenvalue weighted by molar-refractivity contribution is 0.321. The number of nitrogens with zero attached hydrogens (tertiary/aromatic N) is 4. The lowest BCUT2D eigenvalue weighted by Crippen LogP contribution is -2.01. The SMILES string of the molecule is O/N=C\c1nc(-c2ccc(Cl)cc2)nn1-c1ccccc1. The van der Waals surface area contributed by atoms with Crippen LogP contribution in [0.25, 0.3) is 17.1 Å². The zero-order chi connectivity index (χ0) is 14.7. The zero-order valence-electron chi connectivity index (χ0n) is 10.9. The van der Waals surface area contributed by atoms with Gasteiger partial charge in [-0.15, -0.1) is 5.10 Å². The Labute approximate surface area is 126 Å². The maximum Gasteiger partial charge on any atom is 0.182 e. The molecule has 0 unspecified atom stereocenters. The minimum absolute atomic E-state index is 0.439. The van der Waals surface area contributed by atoms with Crippen molar-refractivity contribution in [2.24, 2.45) is 5.16 Å². The summed E-state index contributed by atoms with van der Waals surface area (Å²) < 4.78 is 1.61. The molecule has 0 atom stereocenters. The topological polar surface area (TPSA) is 63.3 Å². The van der Waals surface area contributed by atoms with Crippen LogP contribution in [-0.4, -0.2) is 26.2 Å². The smallest absolute Gasteiger partial charge is 0.182 e. The highest BCUT2D eigenvalue weighted by Crippen LogP contribution is 2.20. The normalized spacial score (nSPS) is 11.1. The Morgan fingerprint density at radius 3 is 2.43 bits per heavy atom. The molecule has 6 heteroatoms. The predicted octanol–water partition coefficient (Wildman–Crippen LogP) is 3.40. The summed E-state index contributed by atoms with van der Waals surface area (Å²) in [4.78, 5) is 4.38. The molecular formula is C15H11ClN4O. The molecule has 0 radical (unpaired) electrons. The Hall–Kier alpha value is -2.66. The van der Waals surface area contributed by atoms with Gasteiger partial charge in [0.2, 0.25) is 0 Å². The fourth-order valence-electron chi connectivity index (χ4n) is 1.94. The molecule has 0 aliphatic rings. The van der Waals surface area contributed by atoms with E-state index in [1.807, 2.05) is 42.5 Å². The number of hydrogen-bond acceptors (Lipinski definition) is 4. The summed E-state index contributed by atoms with van der Waals surface area (Å²) >= 11 is 5.88. The summed E-state index contributed by atoms with van der Waals surface area (Å²) in [7, 11) is 0. The molecule has 0 saturated heterocycles. The van der Waals surface area contributed by atoms with Gasteiger partial charge < -0.3 is 5.21 Å². The van der Waals surface area contributed by atoms with Gasteiger partial charge in [0.05, 0.1) is 5.69 Å². The first kappa shape index (κ1) is 13.3. The Bertz CT molecular complexity index is 766. The van der Waals surface area contributed by atoms with Crippen LogP contribution in [0.1, 0.15) is 5.82 Å². The fourth-order valence-corrected chi connectivity index (χ4v) is 2.07. The number of para-hydroxylation sites is 1. The number of halogens is 1. The molecule has 1 N–H and O–H groups in total. The van der Waals surface area contributed by atoms with E-state index in [1.54, 1.807) is 16.8 Å². The molecule has 1 heterocycles. The quantitative estimate of drug-likeness (QED) is 0.458. The highest BCUT2D eigenvalue weighted by atomic mass is 35.5. The molecule has 0 amide bonds. The third kappa shape index (κ3) is 2.78. The maximum atomic E-state index is 8.78. The Balaban J connectivity index is 2.10. The van der Waals surface area contributed by atoms with Gasteiger partial charge in [0.25, 0.3) is 0 Å². The summed E-state index contributed by atoms with van der Waals surface area (Å²) in [5.74, 6) is 0.971. The molecule has 2 aromatic carbocycles. The van der Waals surface area contributed by atoms with Crippen molar-refractivity contribution in [3.05, 3.63) is 65.4 Å². The van der Waals surface area contributed by atoms with Gasteiger partial charge in [-0.1, -0.05) is 35.0 Å². The molecule has 0 saturated carbocycles. The molecule has 0 bridgehead atoms. The van der Waals surface area contributed by atoms with E-state index < -0.39 is 0 Å². The van der Waals surface area contributed by atoms with Gasteiger partial charge in [-0.3, -0.25) is 0 Å². The minimum Gasteiger partial charge on any atom is -0.411 e.